The molecule has 4 heteroatoms. The molecule has 0 aliphatic heterocycles. The molecule has 0 N–H and O–H groups in total. The van der Waals surface area contributed by atoms with E-state index in [0.717, 1.165) is 4.60 Å². The van der Waals surface area contributed by atoms with E-state index >= 15 is 0 Å². The van der Waals surface area contributed by atoms with Crippen molar-refractivity contribution in [1.82, 2.24) is 9.78 Å². The van der Waals surface area contributed by atoms with Crippen LogP contribution in [0.4, 0.5) is 0 Å². The fourth-order valence-electron chi connectivity index (χ4n) is 0.594. The topological polar surface area (TPSA) is 27.1 Å². The van der Waals surface area contributed by atoms with Crippen LogP contribution in [-0.4, -0.2) is 16.4 Å². The van der Waals surface area contributed by atoms with Gasteiger partial charge in [0.1, 0.15) is 4.60 Å². The summed E-state index contributed by atoms with van der Waals surface area (Å²) >= 11 is 3.30. The maximum absolute atomic E-state index is 5.17. The molecule has 0 saturated carbocycles. The summed E-state index contributed by atoms with van der Waals surface area (Å²) in [4.78, 5) is 0. The molecule has 0 aromatic carbocycles. The first-order chi connectivity index (χ1) is 4.75. The van der Waals surface area contributed by atoms with Gasteiger partial charge in [-0.2, -0.15) is 5.10 Å². The van der Waals surface area contributed by atoms with Crippen LogP contribution in [0.3, 0.4) is 0 Å². The molecule has 0 aliphatic rings. The van der Waals surface area contributed by atoms with Crippen molar-refractivity contribution in [3.8, 4) is 5.75 Å². The first kappa shape index (κ1) is 7.60. The minimum Gasteiger partial charge on any atom is -0.489 e. The third kappa shape index (κ3) is 1.31. The van der Waals surface area contributed by atoms with Gasteiger partial charge in [-0.05, 0) is 22.9 Å². The second kappa shape index (κ2) is 3.05. The first-order valence-corrected chi connectivity index (χ1v) is 3.78. The molecule has 0 amide bonds. The summed E-state index contributed by atoms with van der Waals surface area (Å²) in [7, 11) is 1.82. The highest BCUT2D eigenvalue weighted by Gasteiger charge is 2.04. The largest absolute Gasteiger partial charge is 0.489 e. The molecule has 0 saturated heterocycles. The molecule has 1 aromatic rings. The van der Waals surface area contributed by atoms with Crippen LogP contribution in [0.5, 0.6) is 5.75 Å². The summed E-state index contributed by atoms with van der Waals surface area (Å²) in [6.07, 6.45) is 2.72. The third-order valence-electron chi connectivity index (χ3n) is 1.06. The van der Waals surface area contributed by atoms with Crippen LogP contribution in [0.1, 0.15) is 6.92 Å². The quantitative estimate of drug-likeness (QED) is 0.727. The summed E-state index contributed by atoms with van der Waals surface area (Å²) < 4.78 is 7.66. The minimum absolute atomic E-state index is 0.640. The van der Waals surface area contributed by atoms with Crippen molar-refractivity contribution in [2.75, 3.05) is 6.61 Å². The zero-order chi connectivity index (χ0) is 7.56. The Balaban J connectivity index is 2.83. The predicted octanol–water partition coefficient (Wildman–Crippen LogP) is 1.38. The lowest BCUT2D eigenvalue weighted by Crippen LogP contribution is -1.92. The molecule has 1 aromatic heterocycles. The van der Waals surface area contributed by atoms with Gasteiger partial charge >= 0.3 is 0 Å². The van der Waals surface area contributed by atoms with Gasteiger partial charge in [0.05, 0.1) is 6.61 Å². The van der Waals surface area contributed by atoms with Crippen LogP contribution in [0.2, 0.25) is 0 Å². The molecule has 55 valence electrons. The number of halogens is 1. The number of nitrogens with zero attached hydrogens (tertiary/aromatic N) is 2. The molecular formula is C6H8BrN2O. The fraction of sp³-hybridized carbons (Fsp3) is 0.500. The summed E-state index contributed by atoms with van der Waals surface area (Å²) in [5.74, 6) is 0.671. The zero-order valence-electron chi connectivity index (χ0n) is 5.89. The number of ether oxygens (including phenoxy) is 1. The van der Waals surface area contributed by atoms with Crippen LogP contribution < -0.4 is 4.74 Å². The van der Waals surface area contributed by atoms with E-state index in [1.807, 2.05) is 14.0 Å². The third-order valence-corrected chi connectivity index (χ3v) is 1.94. The lowest BCUT2D eigenvalue weighted by Gasteiger charge is -1.97. The van der Waals surface area contributed by atoms with E-state index in [1.54, 1.807) is 4.68 Å². The van der Waals surface area contributed by atoms with Gasteiger partial charge in [-0.25, -0.2) is 0 Å². The highest BCUT2D eigenvalue weighted by Crippen LogP contribution is 2.21. The molecule has 1 heterocycles. The molecule has 0 aliphatic carbocycles. The van der Waals surface area contributed by atoms with E-state index < -0.39 is 0 Å². The highest BCUT2D eigenvalue weighted by molar-refractivity contribution is 9.10. The van der Waals surface area contributed by atoms with Crippen LogP contribution >= 0.6 is 15.9 Å². The normalized spacial score (nSPS) is 9.90. The van der Waals surface area contributed by atoms with Gasteiger partial charge in [-0.15, -0.1) is 0 Å². The molecule has 1 radical (unpaired) electrons. The molecule has 10 heavy (non-hydrogen) atoms. The van der Waals surface area contributed by atoms with Crippen molar-refractivity contribution in [3.05, 3.63) is 10.8 Å². The summed E-state index contributed by atoms with van der Waals surface area (Å²) in [5.41, 5.74) is 0. The van der Waals surface area contributed by atoms with E-state index in [2.05, 4.69) is 27.2 Å². The smallest absolute Gasteiger partial charge is 0.181 e. The van der Waals surface area contributed by atoms with Gasteiger partial charge in [0, 0.05) is 7.05 Å². The number of aryl methyl sites for hydroxylation is 1. The Morgan fingerprint density at radius 1 is 1.80 bits per heavy atom. The van der Waals surface area contributed by atoms with Crippen LogP contribution in [0.15, 0.2) is 4.60 Å². The molecule has 0 spiro atoms. The second-order valence-corrected chi connectivity index (χ2v) is 2.54. The Labute approximate surface area is 68.1 Å². The van der Waals surface area contributed by atoms with Crippen molar-refractivity contribution in [1.29, 1.82) is 0 Å². The van der Waals surface area contributed by atoms with Gasteiger partial charge in [0.25, 0.3) is 0 Å². The molecule has 0 bridgehead atoms. The lowest BCUT2D eigenvalue weighted by molar-refractivity contribution is 0.337. The second-order valence-electron chi connectivity index (χ2n) is 1.79. The zero-order valence-corrected chi connectivity index (χ0v) is 7.47. The maximum Gasteiger partial charge on any atom is 0.181 e. The van der Waals surface area contributed by atoms with Gasteiger partial charge in [-0.1, -0.05) is 0 Å². The predicted molar refractivity (Wildman–Crippen MR) is 40.9 cm³/mol. The van der Waals surface area contributed by atoms with Gasteiger partial charge in [0.15, 0.2) is 11.9 Å². The Bertz CT molecular complexity index is 222. The number of hydrogen-bond donors (Lipinski definition) is 0. The molecule has 0 unspecified atom stereocenters. The Morgan fingerprint density at radius 2 is 2.50 bits per heavy atom. The van der Waals surface area contributed by atoms with Crippen molar-refractivity contribution in [3.63, 3.8) is 0 Å². The van der Waals surface area contributed by atoms with Gasteiger partial charge < -0.3 is 4.74 Å². The van der Waals surface area contributed by atoms with Crippen molar-refractivity contribution in [2.24, 2.45) is 7.05 Å². The molecule has 1 rings (SSSR count). The maximum atomic E-state index is 5.17. The van der Waals surface area contributed by atoms with Crippen LogP contribution in [-0.2, 0) is 7.05 Å². The Kier molecular flexibility index (Phi) is 2.32. The fourth-order valence-corrected chi connectivity index (χ4v) is 0.876. The summed E-state index contributed by atoms with van der Waals surface area (Å²) in [5, 5.41) is 3.85. The SMILES string of the molecule is CCOc1[c]nn(C)c1Br. The van der Waals surface area contributed by atoms with Crippen molar-refractivity contribution in [2.45, 2.75) is 6.92 Å². The standard InChI is InChI=1S/C6H8BrN2O/c1-3-10-5-4-8-9(2)6(5)7/h3H2,1-2H3. The molecule has 0 fully saturated rings. The number of rotatable bonds is 2. The molecule has 3 nitrogen and oxygen atoms in total. The summed E-state index contributed by atoms with van der Waals surface area (Å²) in [6, 6.07) is 0. The first-order valence-electron chi connectivity index (χ1n) is 2.98. The van der Waals surface area contributed by atoms with Gasteiger partial charge in [0.2, 0.25) is 0 Å². The average molecular weight is 204 g/mol. The van der Waals surface area contributed by atoms with E-state index in [-0.39, 0.29) is 0 Å². The number of aromatic nitrogens is 2. The molecule has 0 atom stereocenters. The van der Waals surface area contributed by atoms with Gasteiger partial charge in [-0.3, -0.25) is 4.68 Å². The monoisotopic (exact) mass is 203 g/mol. The van der Waals surface area contributed by atoms with E-state index in [1.165, 1.54) is 0 Å². The summed E-state index contributed by atoms with van der Waals surface area (Å²) in [6.45, 7) is 2.56. The number of hydrogen-bond acceptors (Lipinski definition) is 2. The van der Waals surface area contributed by atoms with Crippen molar-refractivity contribution < 1.29 is 4.74 Å². The van der Waals surface area contributed by atoms with Crippen LogP contribution in [0.25, 0.3) is 0 Å². The van der Waals surface area contributed by atoms with Crippen molar-refractivity contribution >= 4 is 15.9 Å². The van der Waals surface area contributed by atoms with E-state index in [4.69, 9.17) is 4.74 Å². The molecular weight excluding hydrogens is 196 g/mol. The van der Waals surface area contributed by atoms with Crippen LogP contribution in [0, 0.1) is 6.20 Å². The Hall–Kier alpha value is -0.510. The van der Waals surface area contributed by atoms with E-state index in [9.17, 15) is 0 Å². The lowest BCUT2D eigenvalue weighted by atomic mass is 10.6. The Morgan fingerprint density at radius 3 is 2.90 bits per heavy atom. The minimum atomic E-state index is 0.640. The highest BCUT2D eigenvalue weighted by atomic mass is 79.9. The average Bonchev–Trinajstić information content (AvgIpc) is 2.20. The van der Waals surface area contributed by atoms with E-state index in [0.29, 0.717) is 12.4 Å².